The van der Waals surface area contributed by atoms with Crippen LogP contribution in [0.2, 0.25) is 0 Å². The summed E-state index contributed by atoms with van der Waals surface area (Å²) in [5.74, 6) is -0.0297. The van der Waals surface area contributed by atoms with E-state index >= 15 is 0 Å². The van der Waals surface area contributed by atoms with Gasteiger partial charge in [-0.3, -0.25) is 4.79 Å². The van der Waals surface area contributed by atoms with Gasteiger partial charge < -0.3 is 14.5 Å². The molecule has 5 nitrogen and oxygen atoms in total. The normalized spacial score (nSPS) is 17.3. The molecule has 0 spiro atoms. The number of pyridine rings is 1. The first-order valence-electron chi connectivity index (χ1n) is 7.24. The highest BCUT2D eigenvalue weighted by molar-refractivity contribution is 7.10. The first-order chi connectivity index (χ1) is 11.2. The van der Waals surface area contributed by atoms with Crippen molar-refractivity contribution in [3.8, 4) is 5.75 Å². The highest BCUT2D eigenvalue weighted by Gasteiger charge is 2.29. The van der Waals surface area contributed by atoms with Crippen molar-refractivity contribution < 1.29 is 9.94 Å². The van der Waals surface area contributed by atoms with Gasteiger partial charge in [0.2, 0.25) is 0 Å². The van der Waals surface area contributed by atoms with E-state index in [4.69, 9.17) is 4.84 Å². The Hall–Kier alpha value is -2.60. The minimum absolute atomic E-state index is 0.0297. The molecule has 23 heavy (non-hydrogen) atoms. The number of fused-ring (bicyclic) bond motifs is 1. The smallest absolute Gasteiger partial charge is 0.263 e. The zero-order valence-corrected chi connectivity index (χ0v) is 13.2. The fourth-order valence-electron chi connectivity index (χ4n) is 2.89. The van der Waals surface area contributed by atoms with Crippen molar-refractivity contribution in [1.29, 1.82) is 0 Å². The fourth-order valence-corrected chi connectivity index (χ4v) is 3.64. The average molecular weight is 326 g/mol. The predicted octanol–water partition coefficient (Wildman–Crippen LogP) is 3.17. The number of rotatable bonds is 2. The highest BCUT2D eigenvalue weighted by Crippen LogP contribution is 2.35. The van der Waals surface area contributed by atoms with Crippen LogP contribution in [-0.2, 0) is 11.9 Å². The number of aromatic nitrogens is 1. The van der Waals surface area contributed by atoms with Crippen LogP contribution in [0, 0.1) is 0 Å². The van der Waals surface area contributed by atoms with Gasteiger partial charge in [-0.15, -0.1) is 11.3 Å². The number of aromatic hydroxyl groups is 1. The molecule has 3 aromatic rings. The number of aryl methyl sites for hydroxylation is 1. The number of nitrogens with zero attached hydrogens (tertiary/aromatic N) is 2. The molecule has 0 fully saturated rings. The van der Waals surface area contributed by atoms with Gasteiger partial charge in [0, 0.05) is 23.7 Å². The number of thiophene rings is 1. The van der Waals surface area contributed by atoms with Crippen LogP contribution in [-0.4, -0.2) is 15.4 Å². The monoisotopic (exact) mass is 326 g/mol. The van der Waals surface area contributed by atoms with Crippen molar-refractivity contribution >= 4 is 28.0 Å². The lowest BCUT2D eigenvalue weighted by Gasteiger charge is -2.11. The molecule has 0 saturated heterocycles. The Labute approximate surface area is 136 Å². The van der Waals surface area contributed by atoms with Gasteiger partial charge in [-0.2, -0.15) is 0 Å². The van der Waals surface area contributed by atoms with Crippen molar-refractivity contribution in [2.24, 2.45) is 12.2 Å². The molecule has 1 aliphatic heterocycles. The molecule has 0 radical (unpaired) electrons. The van der Waals surface area contributed by atoms with E-state index in [1.807, 2.05) is 35.7 Å². The van der Waals surface area contributed by atoms with Gasteiger partial charge in [-0.05, 0) is 23.6 Å². The topological polar surface area (TPSA) is 63.8 Å². The zero-order chi connectivity index (χ0) is 16.0. The molecular weight excluding hydrogens is 312 g/mol. The minimum atomic E-state index is -0.268. The summed E-state index contributed by atoms with van der Waals surface area (Å²) in [6.45, 7) is 0. The van der Waals surface area contributed by atoms with E-state index in [1.165, 1.54) is 4.57 Å². The first-order valence-corrected chi connectivity index (χ1v) is 8.12. The van der Waals surface area contributed by atoms with Gasteiger partial charge in [0.1, 0.15) is 17.0 Å². The number of hydrogen-bond acceptors (Lipinski definition) is 5. The van der Waals surface area contributed by atoms with Crippen molar-refractivity contribution in [1.82, 2.24) is 4.57 Å². The molecular formula is C17H14N2O3S. The van der Waals surface area contributed by atoms with Crippen LogP contribution in [0.5, 0.6) is 5.75 Å². The molecule has 0 bridgehead atoms. The summed E-state index contributed by atoms with van der Waals surface area (Å²) >= 11 is 1.59. The van der Waals surface area contributed by atoms with Crippen molar-refractivity contribution in [2.75, 3.05) is 0 Å². The maximum Gasteiger partial charge on any atom is 0.263 e. The number of para-hydroxylation sites is 1. The van der Waals surface area contributed by atoms with Crippen LogP contribution in [0.4, 0.5) is 0 Å². The second-order valence-electron chi connectivity index (χ2n) is 5.46. The minimum Gasteiger partial charge on any atom is -0.506 e. The van der Waals surface area contributed by atoms with E-state index in [1.54, 1.807) is 24.5 Å². The third kappa shape index (κ3) is 2.14. The molecule has 4 rings (SSSR count). The molecule has 1 aromatic carbocycles. The summed E-state index contributed by atoms with van der Waals surface area (Å²) in [6.07, 6.45) is 0.280. The molecule has 116 valence electrons. The van der Waals surface area contributed by atoms with Crippen LogP contribution in [0.15, 0.2) is 51.7 Å². The molecule has 1 atom stereocenters. The molecule has 0 aliphatic carbocycles. The second kappa shape index (κ2) is 5.24. The van der Waals surface area contributed by atoms with Crippen molar-refractivity contribution in [2.45, 2.75) is 12.5 Å². The lowest BCUT2D eigenvalue weighted by atomic mass is 10.0. The zero-order valence-electron chi connectivity index (χ0n) is 12.4. The van der Waals surface area contributed by atoms with Gasteiger partial charge >= 0.3 is 0 Å². The van der Waals surface area contributed by atoms with Crippen LogP contribution >= 0.6 is 11.3 Å². The maximum absolute atomic E-state index is 12.7. The molecule has 0 amide bonds. The van der Waals surface area contributed by atoms with Gasteiger partial charge in [0.15, 0.2) is 6.10 Å². The molecule has 0 unspecified atom stereocenters. The summed E-state index contributed by atoms with van der Waals surface area (Å²) in [7, 11) is 1.70. The van der Waals surface area contributed by atoms with E-state index in [-0.39, 0.29) is 23.0 Å². The van der Waals surface area contributed by atoms with Gasteiger partial charge in [-0.25, -0.2) is 0 Å². The maximum atomic E-state index is 12.7. The van der Waals surface area contributed by atoms with Gasteiger partial charge in [0.25, 0.3) is 5.56 Å². The van der Waals surface area contributed by atoms with Gasteiger partial charge in [0.05, 0.1) is 5.52 Å². The van der Waals surface area contributed by atoms with E-state index in [0.717, 1.165) is 4.88 Å². The van der Waals surface area contributed by atoms with E-state index in [2.05, 4.69) is 5.16 Å². The Kier molecular flexibility index (Phi) is 3.20. The number of benzene rings is 1. The highest BCUT2D eigenvalue weighted by atomic mass is 32.1. The quantitative estimate of drug-likeness (QED) is 0.787. The largest absolute Gasteiger partial charge is 0.506 e. The SMILES string of the molecule is Cn1c(=O)c(C2=NO[C@H](c3cccs3)C2)c(O)c2ccccc21. The molecule has 0 saturated carbocycles. The second-order valence-corrected chi connectivity index (χ2v) is 6.44. The standard InChI is InChI=1S/C17H14N2O3S/c1-19-12-6-3-2-5-10(12)16(20)15(17(19)21)11-9-13(22-18-11)14-7-4-8-23-14/h2-8,13,20H,9H2,1H3/t13-/m0/s1. The van der Waals surface area contributed by atoms with E-state index in [9.17, 15) is 9.90 Å². The third-order valence-corrected chi connectivity index (χ3v) is 5.06. The summed E-state index contributed by atoms with van der Waals surface area (Å²) in [4.78, 5) is 19.2. The average Bonchev–Trinajstić information content (AvgIpc) is 3.24. The first kappa shape index (κ1) is 14.0. The molecule has 3 heterocycles. The lowest BCUT2D eigenvalue weighted by molar-refractivity contribution is 0.0883. The summed E-state index contributed by atoms with van der Waals surface area (Å²) in [6, 6.07) is 11.2. The molecule has 1 N–H and O–H groups in total. The predicted molar refractivity (Wildman–Crippen MR) is 90.2 cm³/mol. The van der Waals surface area contributed by atoms with Crippen LogP contribution in [0.1, 0.15) is 23.0 Å². The Morgan fingerprint density at radius 1 is 1.30 bits per heavy atom. The Morgan fingerprint density at radius 2 is 2.13 bits per heavy atom. The molecule has 6 heteroatoms. The van der Waals surface area contributed by atoms with Gasteiger partial charge in [-0.1, -0.05) is 23.4 Å². The van der Waals surface area contributed by atoms with Crippen LogP contribution < -0.4 is 5.56 Å². The Balaban J connectivity index is 1.83. The van der Waals surface area contributed by atoms with E-state index in [0.29, 0.717) is 23.0 Å². The summed E-state index contributed by atoms with van der Waals surface area (Å²) < 4.78 is 1.53. The Morgan fingerprint density at radius 3 is 2.91 bits per heavy atom. The van der Waals surface area contributed by atoms with Crippen LogP contribution in [0.3, 0.4) is 0 Å². The fraction of sp³-hybridized carbons (Fsp3) is 0.176. The lowest BCUT2D eigenvalue weighted by Crippen LogP contribution is -2.24. The Bertz CT molecular complexity index is 973. The molecule has 2 aromatic heterocycles. The number of oxime groups is 1. The van der Waals surface area contributed by atoms with Crippen molar-refractivity contribution in [3.05, 3.63) is 62.6 Å². The van der Waals surface area contributed by atoms with Crippen molar-refractivity contribution in [3.63, 3.8) is 0 Å². The third-order valence-electron chi connectivity index (χ3n) is 4.09. The van der Waals surface area contributed by atoms with Crippen LogP contribution in [0.25, 0.3) is 10.9 Å². The molecule has 1 aliphatic rings. The summed E-state index contributed by atoms with van der Waals surface area (Å²) in [5.41, 5.74) is 1.14. The van der Waals surface area contributed by atoms with E-state index < -0.39 is 0 Å². The summed E-state index contributed by atoms with van der Waals surface area (Å²) in [5, 5.41) is 17.3. The number of hydrogen-bond donors (Lipinski definition) is 1.